The second kappa shape index (κ2) is 8.83. The fourth-order valence-electron chi connectivity index (χ4n) is 2.36. The molecular weight excluding hydrogens is 288 g/mol. The number of hydrogen-bond acceptors (Lipinski definition) is 2. The topological polar surface area (TPSA) is 41.6 Å². The summed E-state index contributed by atoms with van der Waals surface area (Å²) in [6, 6.07) is 17.7. The molecule has 0 radical (unpaired) electrons. The molecule has 0 unspecified atom stereocenters. The predicted molar refractivity (Wildman–Crippen MR) is 92.4 cm³/mol. The Morgan fingerprint density at radius 2 is 1.74 bits per heavy atom. The van der Waals surface area contributed by atoms with E-state index in [0.717, 1.165) is 23.3 Å². The summed E-state index contributed by atoms with van der Waals surface area (Å²) in [5.74, 6) is 0.821. The smallest absolute Gasteiger partial charge is 0.320 e. The van der Waals surface area contributed by atoms with Gasteiger partial charge in [0.2, 0.25) is 0 Å². The van der Waals surface area contributed by atoms with Crippen molar-refractivity contribution >= 4 is 6.03 Å². The van der Waals surface area contributed by atoms with Crippen LogP contribution in [0.4, 0.5) is 4.79 Å². The monoisotopic (exact) mass is 312 g/mol. The van der Waals surface area contributed by atoms with Gasteiger partial charge in [-0.2, -0.15) is 0 Å². The molecule has 0 spiro atoms. The number of carbonyl (C=O) groups excluding carboxylic acids is 1. The SMILES string of the molecule is CCc1ccccc1OCNC(=O)N(CC)Cc1ccccc1. The highest BCUT2D eigenvalue weighted by Gasteiger charge is 2.11. The number of benzene rings is 2. The summed E-state index contributed by atoms with van der Waals surface area (Å²) >= 11 is 0. The van der Waals surface area contributed by atoms with Crippen LogP contribution in [0, 0.1) is 0 Å². The van der Waals surface area contributed by atoms with Crippen molar-refractivity contribution in [2.75, 3.05) is 13.3 Å². The van der Waals surface area contributed by atoms with Crippen molar-refractivity contribution in [1.82, 2.24) is 10.2 Å². The van der Waals surface area contributed by atoms with Crippen LogP contribution in [0.15, 0.2) is 54.6 Å². The largest absolute Gasteiger partial charge is 0.473 e. The molecule has 4 nitrogen and oxygen atoms in total. The first kappa shape index (κ1) is 16.9. The second-order valence-corrected chi connectivity index (χ2v) is 5.23. The molecule has 2 aromatic carbocycles. The van der Waals surface area contributed by atoms with Gasteiger partial charge < -0.3 is 15.0 Å². The maximum absolute atomic E-state index is 12.3. The maximum Gasteiger partial charge on any atom is 0.320 e. The van der Waals surface area contributed by atoms with Crippen molar-refractivity contribution in [3.8, 4) is 5.75 Å². The van der Waals surface area contributed by atoms with Crippen LogP contribution < -0.4 is 10.1 Å². The summed E-state index contributed by atoms with van der Waals surface area (Å²) < 4.78 is 5.68. The van der Waals surface area contributed by atoms with Crippen molar-refractivity contribution < 1.29 is 9.53 Å². The van der Waals surface area contributed by atoms with Gasteiger partial charge in [-0.3, -0.25) is 0 Å². The zero-order valence-corrected chi connectivity index (χ0v) is 13.8. The number of para-hydroxylation sites is 1. The van der Waals surface area contributed by atoms with E-state index in [9.17, 15) is 4.79 Å². The maximum atomic E-state index is 12.3. The number of aryl methyl sites for hydroxylation is 1. The Morgan fingerprint density at radius 3 is 2.43 bits per heavy atom. The van der Waals surface area contributed by atoms with Crippen molar-refractivity contribution in [3.63, 3.8) is 0 Å². The zero-order valence-electron chi connectivity index (χ0n) is 13.8. The molecule has 2 amide bonds. The molecule has 23 heavy (non-hydrogen) atoms. The lowest BCUT2D eigenvalue weighted by atomic mass is 10.1. The molecule has 1 N–H and O–H groups in total. The molecule has 0 saturated heterocycles. The second-order valence-electron chi connectivity index (χ2n) is 5.23. The number of amides is 2. The first-order valence-electron chi connectivity index (χ1n) is 8.02. The van der Waals surface area contributed by atoms with E-state index in [0.29, 0.717) is 13.1 Å². The summed E-state index contributed by atoms with van der Waals surface area (Å²) in [6.45, 7) is 5.46. The first-order valence-corrected chi connectivity index (χ1v) is 8.02. The van der Waals surface area contributed by atoms with Crippen molar-refractivity contribution in [2.45, 2.75) is 26.8 Å². The van der Waals surface area contributed by atoms with E-state index in [4.69, 9.17) is 4.74 Å². The lowest BCUT2D eigenvalue weighted by molar-refractivity contribution is 0.184. The summed E-state index contributed by atoms with van der Waals surface area (Å²) in [6.07, 6.45) is 0.902. The van der Waals surface area contributed by atoms with E-state index in [-0.39, 0.29) is 12.8 Å². The Hall–Kier alpha value is -2.49. The molecule has 0 bridgehead atoms. The minimum atomic E-state index is -0.120. The fourth-order valence-corrected chi connectivity index (χ4v) is 2.36. The lowest BCUT2D eigenvalue weighted by Gasteiger charge is -2.21. The van der Waals surface area contributed by atoms with Crippen molar-refractivity contribution in [2.24, 2.45) is 0 Å². The van der Waals surface area contributed by atoms with E-state index in [1.54, 1.807) is 4.90 Å². The third-order valence-electron chi connectivity index (χ3n) is 3.69. The van der Waals surface area contributed by atoms with Crippen LogP contribution in [0.2, 0.25) is 0 Å². The number of nitrogens with zero attached hydrogens (tertiary/aromatic N) is 1. The van der Waals surface area contributed by atoms with Crippen LogP contribution in [0.25, 0.3) is 0 Å². The van der Waals surface area contributed by atoms with E-state index in [1.165, 1.54) is 0 Å². The summed E-state index contributed by atoms with van der Waals surface area (Å²) in [7, 11) is 0. The molecule has 0 aliphatic carbocycles. The summed E-state index contributed by atoms with van der Waals surface area (Å²) in [5.41, 5.74) is 2.25. The van der Waals surface area contributed by atoms with Crippen LogP contribution in [0.3, 0.4) is 0 Å². The van der Waals surface area contributed by atoms with Crippen molar-refractivity contribution in [3.05, 3.63) is 65.7 Å². The Bertz CT molecular complexity index is 614. The average Bonchev–Trinajstić information content (AvgIpc) is 2.60. The Labute approximate surface area is 138 Å². The predicted octanol–water partition coefficient (Wildman–Crippen LogP) is 3.82. The van der Waals surface area contributed by atoms with Crippen LogP contribution in [-0.2, 0) is 13.0 Å². The molecule has 2 rings (SSSR count). The highest BCUT2D eigenvalue weighted by Crippen LogP contribution is 2.17. The minimum Gasteiger partial charge on any atom is -0.473 e. The van der Waals surface area contributed by atoms with Crippen LogP contribution >= 0.6 is 0 Å². The summed E-state index contributed by atoms with van der Waals surface area (Å²) in [5, 5.41) is 2.82. The number of ether oxygens (including phenoxy) is 1. The van der Waals surface area contributed by atoms with Gasteiger partial charge in [0.1, 0.15) is 5.75 Å². The molecule has 0 atom stereocenters. The third-order valence-corrected chi connectivity index (χ3v) is 3.69. The molecule has 0 heterocycles. The van der Waals surface area contributed by atoms with E-state index in [2.05, 4.69) is 12.2 Å². The van der Waals surface area contributed by atoms with E-state index < -0.39 is 0 Å². The van der Waals surface area contributed by atoms with Gasteiger partial charge in [0, 0.05) is 13.1 Å². The average molecular weight is 312 g/mol. The number of rotatable bonds is 7. The molecule has 0 fully saturated rings. The Balaban J connectivity index is 1.85. The number of urea groups is 1. The Kier molecular flexibility index (Phi) is 6.48. The highest BCUT2D eigenvalue weighted by atomic mass is 16.5. The highest BCUT2D eigenvalue weighted by molar-refractivity contribution is 5.74. The van der Waals surface area contributed by atoms with Gasteiger partial charge in [-0.15, -0.1) is 0 Å². The molecule has 0 saturated carbocycles. The number of nitrogens with one attached hydrogen (secondary N) is 1. The van der Waals surface area contributed by atoms with Gasteiger partial charge >= 0.3 is 6.03 Å². The quantitative estimate of drug-likeness (QED) is 0.790. The van der Waals surface area contributed by atoms with Crippen LogP contribution in [-0.4, -0.2) is 24.2 Å². The van der Waals surface area contributed by atoms with Crippen LogP contribution in [0.1, 0.15) is 25.0 Å². The minimum absolute atomic E-state index is 0.120. The van der Waals surface area contributed by atoms with Gasteiger partial charge in [-0.1, -0.05) is 55.5 Å². The molecule has 4 heteroatoms. The molecule has 122 valence electrons. The van der Waals surface area contributed by atoms with Gasteiger partial charge in [0.05, 0.1) is 0 Å². The third kappa shape index (κ3) is 5.02. The molecule has 0 aliphatic rings. The fraction of sp³-hybridized carbons (Fsp3) is 0.316. The number of hydrogen-bond donors (Lipinski definition) is 1. The molecule has 0 aliphatic heterocycles. The lowest BCUT2D eigenvalue weighted by Crippen LogP contribution is -2.41. The summed E-state index contributed by atoms with van der Waals surface area (Å²) in [4.78, 5) is 14.0. The van der Waals surface area contributed by atoms with Gasteiger partial charge in [-0.05, 0) is 30.5 Å². The first-order chi connectivity index (χ1) is 11.2. The normalized spacial score (nSPS) is 10.2. The molecular formula is C19H24N2O2. The van der Waals surface area contributed by atoms with Gasteiger partial charge in [-0.25, -0.2) is 4.79 Å². The van der Waals surface area contributed by atoms with Crippen molar-refractivity contribution in [1.29, 1.82) is 0 Å². The van der Waals surface area contributed by atoms with E-state index >= 15 is 0 Å². The number of carbonyl (C=O) groups is 1. The van der Waals surface area contributed by atoms with Gasteiger partial charge in [0.25, 0.3) is 0 Å². The van der Waals surface area contributed by atoms with Gasteiger partial charge in [0.15, 0.2) is 6.73 Å². The molecule has 0 aromatic heterocycles. The standard InChI is InChI=1S/C19H24N2O2/c1-3-17-12-8-9-13-18(17)23-15-20-19(22)21(4-2)14-16-10-6-5-7-11-16/h5-13H,3-4,14-15H2,1-2H3,(H,20,22). The zero-order chi connectivity index (χ0) is 16.5. The molecule has 2 aromatic rings. The van der Waals surface area contributed by atoms with E-state index in [1.807, 2.05) is 61.5 Å². The van der Waals surface area contributed by atoms with Crippen LogP contribution in [0.5, 0.6) is 5.75 Å². The Morgan fingerprint density at radius 1 is 1.04 bits per heavy atom.